The maximum atomic E-state index is 13.3. The number of ketones is 2. The number of carbonyl (C=O) groups excluding carboxylic acids is 3. The molecule has 3 aromatic carbocycles. The van der Waals surface area contributed by atoms with E-state index in [0.29, 0.717) is 16.5 Å². The van der Waals surface area contributed by atoms with Gasteiger partial charge in [0.05, 0.1) is 7.11 Å². The average Bonchev–Trinajstić information content (AvgIpc) is 2.97. The van der Waals surface area contributed by atoms with Gasteiger partial charge < -0.3 is 15.4 Å². The lowest BCUT2D eigenvalue weighted by Crippen LogP contribution is -2.62. The standard InChI is InChI=1S/C23H17ClN2O4/c1-30-17-12-10-16(11-13-17)25-23(26-22(29)14-6-8-15(24)9-7-14)20(27)18-4-2-3-5-19(18)21(23)28/h2-13,25H,1H3,(H,26,29). The fourth-order valence-electron chi connectivity index (χ4n) is 3.38. The number of Topliss-reactive ketones (excluding diaryl/α,β-unsaturated/α-hetero) is 2. The van der Waals surface area contributed by atoms with Crippen LogP contribution in [-0.2, 0) is 0 Å². The van der Waals surface area contributed by atoms with E-state index in [2.05, 4.69) is 10.6 Å². The molecule has 0 atom stereocenters. The lowest BCUT2D eigenvalue weighted by atomic mass is 10.0. The van der Waals surface area contributed by atoms with Gasteiger partial charge in [0, 0.05) is 27.4 Å². The highest BCUT2D eigenvalue weighted by Gasteiger charge is 2.54. The van der Waals surface area contributed by atoms with Gasteiger partial charge >= 0.3 is 0 Å². The van der Waals surface area contributed by atoms with Crippen molar-refractivity contribution in [2.45, 2.75) is 5.66 Å². The van der Waals surface area contributed by atoms with Crippen LogP contribution in [0.3, 0.4) is 0 Å². The summed E-state index contributed by atoms with van der Waals surface area (Å²) in [4.78, 5) is 39.6. The highest BCUT2D eigenvalue weighted by Crippen LogP contribution is 2.32. The van der Waals surface area contributed by atoms with Crippen LogP contribution in [0.25, 0.3) is 0 Å². The number of halogens is 1. The largest absolute Gasteiger partial charge is 0.497 e. The van der Waals surface area contributed by atoms with E-state index >= 15 is 0 Å². The van der Waals surface area contributed by atoms with E-state index in [0.717, 1.165) is 0 Å². The zero-order valence-corrected chi connectivity index (χ0v) is 16.7. The number of methoxy groups -OCH3 is 1. The molecule has 30 heavy (non-hydrogen) atoms. The van der Waals surface area contributed by atoms with Gasteiger partial charge in [-0.1, -0.05) is 35.9 Å². The third-order valence-corrected chi connectivity index (χ3v) is 5.18. The zero-order valence-electron chi connectivity index (χ0n) is 15.9. The van der Waals surface area contributed by atoms with Crippen molar-refractivity contribution in [2.24, 2.45) is 0 Å². The Morgan fingerprint density at radius 3 is 1.97 bits per heavy atom. The number of benzene rings is 3. The first-order valence-electron chi connectivity index (χ1n) is 9.13. The minimum Gasteiger partial charge on any atom is -0.497 e. The van der Waals surface area contributed by atoms with E-state index in [1.165, 1.54) is 19.2 Å². The Kier molecular flexibility index (Phi) is 5.01. The molecule has 6 nitrogen and oxygen atoms in total. The van der Waals surface area contributed by atoms with Crippen molar-refractivity contribution in [1.82, 2.24) is 5.32 Å². The molecular formula is C23H17ClN2O4. The zero-order chi connectivity index (χ0) is 21.3. The van der Waals surface area contributed by atoms with Crippen LogP contribution in [-0.4, -0.2) is 30.2 Å². The van der Waals surface area contributed by atoms with E-state index in [-0.39, 0.29) is 16.7 Å². The van der Waals surface area contributed by atoms with Gasteiger partial charge in [0.2, 0.25) is 17.2 Å². The second-order valence-corrected chi connectivity index (χ2v) is 7.20. The number of rotatable bonds is 5. The Morgan fingerprint density at radius 1 is 0.867 bits per heavy atom. The van der Waals surface area contributed by atoms with Crippen molar-refractivity contribution in [1.29, 1.82) is 0 Å². The van der Waals surface area contributed by atoms with Crippen molar-refractivity contribution >= 4 is 34.8 Å². The van der Waals surface area contributed by atoms with E-state index < -0.39 is 23.1 Å². The Morgan fingerprint density at radius 2 is 1.43 bits per heavy atom. The molecule has 0 saturated carbocycles. The molecule has 150 valence electrons. The van der Waals surface area contributed by atoms with Gasteiger partial charge in [0.1, 0.15) is 5.75 Å². The minimum absolute atomic E-state index is 0.250. The molecule has 0 fully saturated rings. The van der Waals surface area contributed by atoms with Crippen molar-refractivity contribution < 1.29 is 19.1 Å². The normalized spacial score (nSPS) is 14.2. The van der Waals surface area contributed by atoms with Crippen LogP contribution in [0.15, 0.2) is 72.8 Å². The lowest BCUT2D eigenvalue weighted by Gasteiger charge is -2.29. The van der Waals surface area contributed by atoms with Crippen molar-refractivity contribution in [3.63, 3.8) is 0 Å². The third-order valence-electron chi connectivity index (χ3n) is 4.93. The second-order valence-electron chi connectivity index (χ2n) is 6.77. The monoisotopic (exact) mass is 420 g/mol. The van der Waals surface area contributed by atoms with Crippen molar-refractivity contribution in [3.05, 3.63) is 94.5 Å². The van der Waals surface area contributed by atoms with Gasteiger partial charge in [-0.2, -0.15) is 0 Å². The number of ether oxygens (including phenoxy) is 1. The summed E-state index contributed by atoms with van der Waals surface area (Å²) in [5.74, 6) is -1.02. The molecule has 0 aliphatic heterocycles. The molecule has 0 radical (unpaired) electrons. The molecule has 0 unspecified atom stereocenters. The maximum absolute atomic E-state index is 13.3. The molecule has 1 aliphatic carbocycles. The topological polar surface area (TPSA) is 84.5 Å². The van der Waals surface area contributed by atoms with Gasteiger partial charge in [0.25, 0.3) is 5.91 Å². The van der Waals surface area contributed by atoms with E-state index in [9.17, 15) is 14.4 Å². The summed E-state index contributed by atoms with van der Waals surface area (Å²) < 4.78 is 5.15. The number of fused-ring (bicyclic) bond motifs is 1. The first-order valence-corrected chi connectivity index (χ1v) is 9.51. The summed E-state index contributed by atoms with van der Waals surface area (Å²) in [6.45, 7) is 0. The van der Waals surface area contributed by atoms with Crippen LogP contribution >= 0.6 is 11.6 Å². The Balaban J connectivity index is 1.75. The molecule has 2 N–H and O–H groups in total. The second kappa shape index (κ2) is 7.65. The SMILES string of the molecule is COc1ccc(NC2(NC(=O)c3ccc(Cl)cc3)C(=O)c3ccccc3C2=O)cc1. The number of amides is 1. The predicted octanol–water partition coefficient (Wildman–Crippen LogP) is 3.97. The van der Waals surface area contributed by atoms with Crippen molar-refractivity contribution in [3.8, 4) is 5.75 Å². The summed E-state index contributed by atoms with van der Waals surface area (Å²) >= 11 is 5.89. The minimum atomic E-state index is -1.96. The number of carbonyl (C=O) groups is 3. The summed E-state index contributed by atoms with van der Waals surface area (Å²) in [5, 5.41) is 6.05. The fraction of sp³-hybridized carbons (Fsp3) is 0.0870. The Bertz CT molecular complexity index is 1110. The molecular weight excluding hydrogens is 404 g/mol. The molecule has 0 bridgehead atoms. The van der Waals surface area contributed by atoms with E-state index in [1.54, 1.807) is 60.7 Å². The maximum Gasteiger partial charge on any atom is 0.253 e. The Labute approximate surface area is 177 Å². The van der Waals surface area contributed by atoms with Gasteiger partial charge in [0.15, 0.2) is 0 Å². The number of nitrogens with one attached hydrogen (secondary N) is 2. The number of anilines is 1. The molecule has 3 aromatic rings. The van der Waals surface area contributed by atoms with Crippen LogP contribution in [0.4, 0.5) is 5.69 Å². The first kappa shape index (κ1) is 19.7. The summed E-state index contributed by atoms with van der Waals surface area (Å²) in [7, 11) is 1.54. The highest BCUT2D eigenvalue weighted by atomic mass is 35.5. The van der Waals surface area contributed by atoms with Gasteiger partial charge in [-0.05, 0) is 48.5 Å². The molecule has 1 amide bonds. The first-order chi connectivity index (χ1) is 14.4. The van der Waals surface area contributed by atoms with Crippen LogP contribution in [0.2, 0.25) is 5.02 Å². The van der Waals surface area contributed by atoms with Crippen LogP contribution in [0, 0.1) is 0 Å². The molecule has 4 rings (SSSR count). The molecule has 1 aliphatic rings. The smallest absolute Gasteiger partial charge is 0.253 e. The number of hydrogen-bond donors (Lipinski definition) is 2. The van der Waals surface area contributed by atoms with Crippen LogP contribution in [0.1, 0.15) is 31.1 Å². The molecule has 7 heteroatoms. The van der Waals surface area contributed by atoms with Crippen molar-refractivity contribution in [2.75, 3.05) is 12.4 Å². The van der Waals surface area contributed by atoms with Gasteiger partial charge in [-0.15, -0.1) is 0 Å². The van der Waals surface area contributed by atoms with Crippen LogP contribution in [0.5, 0.6) is 5.75 Å². The fourth-order valence-corrected chi connectivity index (χ4v) is 3.51. The number of hydrogen-bond acceptors (Lipinski definition) is 5. The summed E-state index contributed by atoms with van der Waals surface area (Å²) in [6, 6.07) is 19.4. The molecule has 0 aromatic heterocycles. The van der Waals surface area contributed by atoms with Gasteiger partial charge in [-0.25, -0.2) is 0 Å². The highest BCUT2D eigenvalue weighted by molar-refractivity contribution is 6.35. The molecule has 0 spiro atoms. The van der Waals surface area contributed by atoms with E-state index in [1.807, 2.05) is 0 Å². The Hall–Kier alpha value is -3.64. The lowest BCUT2D eigenvalue weighted by molar-refractivity contribution is 0.0726. The van der Waals surface area contributed by atoms with Crippen LogP contribution < -0.4 is 15.4 Å². The van der Waals surface area contributed by atoms with Gasteiger partial charge in [-0.3, -0.25) is 14.4 Å². The molecule has 0 saturated heterocycles. The predicted molar refractivity (Wildman–Crippen MR) is 113 cm³/mol. The van der Waals surface area contributed by atoms with E-state index in [4.69, 9.17) is 16.3 Å². The average molecular weight is 421 g/mol. The quantitative estimate of drug-likeness (QED) is 0.482. The summed E-state index contributed by atoms with van der Waals surface area (Å²) in [6.07, 6.45) is 0. The summed E-state index contributed by atoms with van der Waals surface area (Å²) in [5.41, 5.74) is -0.719. The molecule has 0 heterocycles. The third kappa shape index (κ3) is 3.31.